The van der Waals surface area contributed by atoms with Crippen molar-refractivity contribution in [2.24, 2.45) is 0 Å². The van der Waals surface area contributed by atoms with E-state index in [2.05, 4.69) is 44.3 Å². The van der Waals surface area contributed by atoms with Gasteiger partial charge < -0.3 is 14.8 Å². The van der Waals surface area contributed by atoms with Gasteiger partial charge in [-0.3, -0.25) is 4.79 Å². The second-order valence-corrected chi connectivity index (χ2v) is 6.74. The number of hydrogen-bond acceptors (Lipinski definition) is 3. The van der Waals surface area contributed by atoms with E-state index in [0.717, 1.165) is 23.6 Å². The highest BCUT2D eigenvalue weighted by molar-refractivity contribution is 5.71. The molecular weight excluding hydrogens is 398 g/mol. The van der Waals surface area contributed by atoms with Gasteiger partial charge in [-0.05, 0) is 62.6 Å². The van der Waals surface area contributed by atoms with Crippen LogP contribution < -0.4 is 14.8 Å². The lowest BCUT2D eigenvalue weighted by molar-refractivity contribution is -0.105. The van der Waals surface area contributed by atoms with Gasteiger partial charge >= 0.3 is 0 Å². The Hall–Kier alpha value is -3.27. The van der Waals surface area contributed by atoms with Gasteiger partial charge in [0.05, 0.1) is 13.7 Å². The zero-order valence-electron chi connectivity index (χ0n) is 20.6. The minimum atomic E-state index is 0.652. The van der Waals surface area contributed by atoms with Gasteiger partial charge in [-0.2, -0.15) is 0 Å². The number of nitrogens with one attached hydrogen (secondary N) is 1. The molecule has 0 aliphatic rings. The van der Waals surface area contributed by atoms with Gasteiger partial charge in [0.2, 0.25) is 6.41 Å². The zero-order valence-corrected chi connectivity index (χ0v) is 20.6. The van der Waals surface area contributed by atoms with Crippen LogP contribution in [0.5, 0.6) is 11.5 Å². The van der Waals surface area contributed by atoms with E-state index in [-0.39, 0.29) is 0 Å². The zero-order chi connectivity index (χ0) is 24.2. The number of benzene rings is 3. The molecule has 0 aromatic heterocycles. The van der Waals surface area contributed by atoms with Crippen LogP contribution in [0.25, 0.3) is 0 Å². The molecule has 0 saturated carbocycles. The number of methoxy groups -OCH3 is 1. The normalized spacial score (nSPS) is 8.84. The summed E-state index contributed by atoms with van der Waals surface area (Å²) in [6, 6.07) is 23.5. The number of amides is 1. The molecule has 0 heterocycles. The monoisotopic (exact) mass is 437 g/mol. The number of carbonyl (C=O) groups is 1. The summed E-state index contributed by atoms with van der Waals surface area (Å²) in [6.07, 6.45) is 1.63. The van der Waals surface area contributed by atoms with Crippen molar-refractivity contribution in [3.63, 3.8) is 0 Å². The molecule has 32 heavy (non-hydrogen) atoms. The maximum Gasteiger partial charge on any atom is 0.211 e. The van der Waals surface area contributed by atoms with E-state index in [0.29, 0.717) is 13.0 Å². The van der Waals surface area contributed by atoms with E-state index in [9.17, 15) is 4.79 Å². The number of para-hydroxylation sites is 1. The van der Waals surface area contributed by atoms with E-state index < -0.39 is 0 Å². The number of aryl methyl sites for hydroxylation is 3. The Labute approximate surface area is 194 Å². The second-order valence-electron chi connectivity index (χ2n) is 6.74. The average Bonchev–Trinajstić information content (AvgIpc) is 2.83. The van der Waals surface area contributed by atoms with E-state index in [1.54, 1.807) is 13.2 Å². The van der Waals surface area contributed by atoms with Gasteiger partial charge in [-0.1, -0.05) is 68.8 Å². The van der Waals surface area contributed by atoms with Crippen molar-refractivity contribution in [1.29, 1.82) is 0 Å². The van der Waals surface area contributed by atoms with Gasteiger partial charge in [0, 0.05) is 11.8 Å². The summed E-state index contributed by atoms with van der Waals surface area (Å²) in [5.74, 6) is 1.70. The third-order valence-electron chi connectivity index (χ3n) is 4.17. The summed E-state index contributed by atoms with van der Waals surface area (Å²) >= 11 is 0. The molecule has 0 spiro atoms. The lowest BCUT2D eigenvalue weighted by Gasteiger charge is -2.05. The van der Waals surface area contributed by atoms with Gasteiger partial charge in [0.1, 0.15) is 11.5 Å². The van der Waals surface area contributed by atoms with Crippen molar-refractivity contribution in [3.05, 3.63) is 89.5 Å². The average molecular weight is 438 g/mol. The first-order valence-electron chi connectivity index (χ1n) is 11.1. The summed E-state index contributed by atoms with van der Waals surface area (Å²) in [6.45, 7) is 13.1. The molecule has 0 atom stereocenters. The quantitative estimate of drug-likeness (QED) is 0.409. The van der Waals surface area contributed by atoms with E-state index >= 15 is 0 Å². The fourth-order valence-electron chi connectivity index (χ4n) is 2.41. The number of carbonyl (C=O) groups excluding carboxylic acids is 1. The molecule has 174 valence electrons. The number of anilines is 1. The third kappa shape index (κ3) is 13.1. The fourth-order valence-corrected chi connectivity index (χ4v) is 2.41. The smallest absolute Gasteiger partial charge is 0.211 e. The summed E-state index contributed by atoms with van der Waals surface area (Å²) in [4.78, 5) is 10.1. The van der Waals surface area contributed by atoms with Crippen molar-refractivity contribution in [1.82, 2.24) is 0 Å². The first kappa shape index (κ1) is 28.7. The van der Waals surface area contributed by atoms with E-state index in [1.165, 1.54) is 16.7 Å². The molecule has 1 N–H and O–H groups in total. The Balaban J connectivity index is 0.000000447. The van der Waals surface area contributed by atoms with Crippen LogP contribution in [0.4, 0.5) is 5.69 Å². The summed E-state index contributed by atoms with van der Waals surface area (Å²) in [7, 11) is 1.66. The molecule has 0 aliphatic carbocycles. The fraction of sp³-hybridized carbons (Fsp3) is 0.321. The molecular formula is C28H39NO3. The van der Waals surface area contributed by atoms with Crippen molar-refractivity contribution >= 4 is 12.1 Å². The molecule has 0 fully saturated rings. The number of hydrogen-bond donors (Lipinski definition) is 1. The van der Waals surface area contributed by atoms with Gasteiger partial charge in [0.15, 0.2) is 0 Å². The van der Waals surface area contributed by atoms with Crippen molar-refractivity contribution in [2.75, 3.05) is 19.0 Å². The van der Waals surface area contributed by atoms with Gasteiger partial charge in [0.25, 0.3) is 0 Å². The standard InChI is InChI=1S/C10H13NO2.C9H12.C7H8O.C2H6/c1-2-6-13-10-5-3-4-9(7-10)11-8-12;1-7-4-5-8(2)9(3)6-7;1-8-7-5-3-2-4-6-7;1-2/h3-5,7-8H,2,6H2,1H3,(H,11,12);4-6H,1-3H3;2-6H,1H3;1-2H3. The molecule has 0 aliphatic heterocycles. The van der Waals surface area contributed by atoms with E-state index in [4.69, 9.17) is 9.47 Å². The van der Waals surface area contributed by atoms with Crippen LogP contribution >= 0.6 is 0 Å². The van der Waals surface area contributed by atoms with Gasteiger partial charge in [-0.25, -0.2) is 0 Å². The highest BCUT2D eigenvalue weighted by Crippen LogP contribution is 2.16. The molecule has 0 radical (unpaired) electrons. The lowest BCUT2D eigenvalue weighted by Crippen LogP contribution is -1.97. The Morgan fingerprint density at radius 1 is 0.812 bits per heavy atom. The van der Waals surface area contributed by atoms with Crippen molar-refractivity contribution < 1.29 is 14.3 Å². The lowest BCUT2D eigenvalue weighted by atomic mass is 10.1. The highest BCUT2D eigenvalue weighted by atomic mass is 16.5. The van der Waals surface area contributed by atoms with Crippen molar-refractivity contribution in [3.8, 4) is 11.5 Å². The SMILES string of the molecule is CC.CCCOc1cccc(NC=O)c1.COc1ccccc1.Cc1ccc(C)c(C)c1. The van der Waals surface area contributed by atoms with Crippen molar-refractivity contribution in [2.45, 2.75) is 48.0 Å². The number of ether oxygens (including phenoxy) is 2. The second kappa shape index (κ2) is 18.5. The Bertz CT molecular complexity index is 864. The largest absolute Gasteiger partial charge is 0.497 e. The molecule has 4 nitrogen and oxygen atoms in total. The van der Waals surface area contributed by atoms with Crippen LogP contribution in [0.1, 0.15) is 43.9 Å². The van der Waals surface area contributed by atoms with Crippen LogP contribution in [0.15, 0.2) is 72.8 Å². The molecule has 0 saturated heterocycles. The Morgan fingerprint density at radius 3 is 1.97 bits per heavy atom. The molecule has 3 aromatic carbocycles. The van der Waals surface area contributed by atoms with Gasteiger partial charge in [-0.15, -0.1) is 0 Å². The summed E-state index contributed by atoms with van der Waals surface area (Å²) < 4.78 is 10.3. The topological polar surface area (TPSA) is 47.6 Å². The number of rotatable bonds is 6. The van der Waals surface area contributed by atoms with Crippen LogP contribution in [0, 0.1) is 20.8 Å². The predicted octanol–water partition coefficient (Wildman–Crippen LogP) is 7.38. The highest BCUT2D eigenvalue weighted by Gasteiger charge is 1.94. The predicted molar refractivity (Wildman–Crippen MR) is 137 cm³/mol. The molecule has 3 rings (SSSR count). The third-order valence-corrected chi connectivity index (χ3v) is 4.17. The summed E-state index contributed by atoms with van der Waals surface area (Å²) in [5.41, 5.74) is 4.86. The van der Waals surface area contributed by atoms with Crippen LogP contribution in [-0.4, -0.2) is 20.1 Å². The minimum Gasteiger partial charge on any atom is -0.497 e. The van der Waals surface area contributed by atoms with Crippen LogP contribution in [0.2, 0.25) is 0 Å². The molecule has 1 amide bonds. The molecule has 4 heteroatoms. The first-order valence-corrected chi connectivity index (χ1v) is 11.1. The Morgan fingerprint density at radius 2 is 1.47 bits per heavy atom. The molecule has 0 unspecified atom stereocenters. The van der Waals surface area contributed by atoms with Crippen LogP contribution in [0.3, 0.4) is 0 Å². The van der Waals surface area contributed by atoms with E-state index in [1.807, 2.05) is 69.3 Å². The summed E-state index contributed by atoms with van der Waals surface area (Å²) in [5, 5.41) is 2.56. The molecule has 0 bridgehead atoms. The van der Waals surface area contributed by atoms with Crippen LogP contribution in [-0.2, 0) is 4.79 Å². The maximum atomic E-state index is 10.1. The first-order chi connectivity index (χ1) is 15.5. The molecule has 3 aromatic rings. The maximum absolute atomic E-state index is 10.1. The Kier molecular flexibility index (Phi) is 16.6. The minimum absolute atomic E-state index is 0.652.